The van der Waals surface area contributed by atoms with Gasteiger partial charge in [-0.1, -0.05) is 23.9 Å². The van der Waals surface area contributed by atoms with E-state index in [0.717, 1.165) is 17.8 Å². The van der Waals surface area contributed by atoms with Gasteiger partial charge in [0.15, 0.2) is 22.8 Å². The molecule has 0 spiro atoms. The molecule has 7 heteroatoms. The van der Waals surface area contributed by atoms with Crippen molar-refractivity contribution in [3.05, 3.63) is 35.4 Å². The van der Waals surface area contributed by atoms with Gasteiger partial charge in [-0.15, -0.1) is 0 Å². The number of aliphatic imine (C=N–C) groups is 1. The predicted molar refractivity (Wildman–Crippen MR) is 61.2 cm³/mol. The second kappa shape index (κ2) is 5.45. The first-order chi connectivity index (χ1) is 7.50. The monoisotopic (exact) mass is 244 g/mol. The van der Waals surface area contributed by atoms with E-state index in [0.29, 0.717) is 0 Å². The molecule has 1 aromatic carbocycles. The average molecular weight is 244 g/mol. The fourth-order valence-corrected chi connectivity index (χ4v) is 1.64. The lowest BCUT2D eigenvalue weighted by Crippen LogP contribution is -2.23. The number of hydrogen-bond donors (Lipinski definition) is 3. The topological polar surface area (TPSA) is 88.2 Å². The Morgan fingerprint density at radius 1 is 1.38 bits per heavy atom. The third kappa shape index (κ3) is 3.50. The third-order valence-corrected chi connectivity index (χ3v) is 2.45. The first-order valence-electron chi connectivity index (χ1n) is 4.24. The maximum absolute atomic E-state index is 13.2. The van der Waals surface area contributed by atoms with Crippen LogP contribution < -0.4 is 11.5 Å². The van der Waals surface area contributed by atoms with Gasteiger partial charge in [-0.3, -0.25) is 5.41 Å². The Hall–Kier alpha value is -1.63. The van der Waals surface area contributed by atoms with Crippen LogP contribution in [-0.4, -0.2) is 11.1 Å². The number of hydrogen-bond acceptors (Lipinski definition) is 2. The molecule has 0 fully saturated rings. The van der Waals surface area contributed by atoms with Crippen LogP contribution in [0.4, 0.5) is 8.78 Å². The Kier molecular flexibility index (Phi) is 4.24. The molecule has 0 atom stereocenters. The predicted octanol–water partition coefficient (Wildman–Crippen LogP) is 1.41. The molecule has 0 saturated heterocycles. The number of halogens is 2. The molecule has 0 aliphatic heterocycles. The first-order valence-corrected chi connectivity index (χ1v) is 5.23. The van der Waals surface area contributed by atoms with E-state index in [1.54, 1.807) is 0 Å². The zero-order valence-electron chi connectivity index (χ0n) is 8.21. The van der Waals surface area contributed by atoms with Crippen molar-refractivity contribution in [1.82, 2.24) is 0 Å². The van der Waals surface area contributed by atoms with Crippen molar-refractivity contribution in [2.75, 3.05) is 0 Å². The van der Waals surface area contributed by atoms with Gasteiger partial charge in [0.2, 0.25) is 0 Å². The molecule has 0 saturated carbocycles. The van der Waals surface area contributed by atoms with E-state index in [1.165, 1.54) is 12.1 Å². The number of nitrogens with zero attached hydrogens (tertiary/aromatic N) is 1. The summed E-state index contributed by atoms with van der Waals surface area (Å²) < 4.78 is 26.0. The lowest BCUT2D eigenvalue weighted by molar-refractivity contribution is 0.502. The Labute approximate surface area is 95.2 Å². The molecule has 1 aromatic rings. The first kappa shape index (κ1) is 12.4. The molecule has 0 aliphatic carbocycles. The summed E-state index contributed by atoms with van der Waals surface area (Å²) in [5.74, 6) is -1.96. The van der Waals surface area contributed by atoms with Gasteiger partial charge < -0.3 is 11.5 Å². The smallest absolute Gasteiger partial charge is 0.193 e. The lowest BCUT2D eigenvalue weighted by Gasteiger charge is -2.02. The highest BCUT2D eigenvalue weighted by Gasteiger charge is 2.08. The summed E-state index contributed by atoms with van der Waals surface area (Å²) in [6.45, 7) is 0. The van der Waals surface area contributed by atoms with E-state index >= 15 is 0 Å². The number of guanidine groups is 1. The molecule has 5 N–H and O–H groups in total. The number of nitrogens with two attached hydrogens (primary N) is 2. The van der Waals surface area contributed by atoms with E-state index in [-0.39, 0.29) is 22.4 Å². The highest BCUT2D eigenvalue weighted by atomic mass is 32.2. The van der Waals surface area contributed by atoms with Crippen LogP contribution in [0.5, 0.6) is 0 Å². The van der Waals surface area contributed by atoms with Gasteiger partial charge >= 0.3 is 0 Å². The summed E-state index contributed by atoms with van der Waals surface area (Å²) in [5.41, 5.74) is 10.3. The SMILES string of the molecule is N=C(N=C(N)N)SCc1cccc(F)c1F. The maximum atomic E-state index is 13.2. The van der Waals surface area contributed by atoms with Crippen molar-refractivity contribution in [3.63, 3.8) is 0 Å². The molecular formula is C9H10F2N4S. The Morgan fingerprint density at radius 3 is 2.69 bits per heavy atom. The fraction of sp³-hybridized carbons (Fsp3) is 0.111. The van der Waals surface area contributed by atoms with Crippen molar-refractivity contribution in [3.8, 4) is 0 Å². The van der Waals surface area contributed by atoms with Gasteiger partial charge in [-0.25, -0.2) is 8.78 Å². The minimum Gasteiger partial charge on any atom is -0.370 e. The van der Waals surface area contributed by atoms with E-state index in [9.17, 15) is 8.78 Å². The van der Waals surface area contributed by atoms with Crippen molar-refractivity contribution >= 4 is 22.9 Å². The molecule has 86 valence electrons. The number of rotatable bonds is 2. The van der Waals surface area contributed by atoms with Crippen LogP contribution in [0.2, 0.25) is 0 Å². The molecule has 0 radical (unpaired) electrons. The molecule has 4 nitrogen and oxygen atoms in total. The largest absolute Gasteiger partial charge is 0.370 e. The van der Waals surface area contributed by atoms with Crippen LogP contribution in [0.3, 0.4) is 0 Å². The van der Waals surface area contributed by atoms with E-state index in [4.69, 9.17) is 16.9 Å². The van der Waals surface area contributed by atoms with Crippen LogP contribution in [0.25, 0.3) is 0 Å². The lowest BCUT2D eigenvalue weighted by atomic mass is 10.2. The van der Waals surface area contributed by atoms with Crippen LogP contribution in [0.1, 0.15) is 5.56 Å². The summed E-state index contributed by atoms with van der Waals surface area (Å²) in [7, 11) is 0. The standard InChI is InChI=1S/C9H10F2N4S/c10-6-3-1-2-5(7(6)11)4-16-9(14)15-8(12)13/h1-3H,4H2,(H5,12,13,14,15). The average Bonchev–Trinajstić information content (AvgIpc) is 2.19. The second-order valence-corrected chi connectivity index (χ2v) is 3.81. The van der Waals surface area contributed by atoms with Gasteiger partial charge in [0.05, 0.1) is 0 Å². The number of thioether (sulfide) groups is 1. The van der Waals surface area contributed by atoms with Crippen molar-refractivity contribution in [1.29, 1.82) is 5.41 Å². The summed E-state index contributed by atoms with van der Waals surface area (Å²) in [5, 5.41) is 7.14. The summed E-state index contributed by atoms with van der Waals surface area (Å²) in [6.07, 6.45) is 0. The van der Waals surface area contributed by atoms with Crippen LogP contribution in [0.15, 0.2) is 23.2 Å². The molecule has 0 unspecified atom stereocenters. The minimum absolute atomic E-state index is 0.0964. The number of amidine groups is 1. The van der Waals surface area contributed by atoms with Crippen molar-refractivity contribution < 1.29 is 8.78 Å². The van der Waals surface area contributed by atoms with E-state index < -0.39 is 11.6 Å². The number of nitrogens with one attached hydrogen (secondary N) is 1. The Balaban J connectivity index is 2.65. The normalized spacial score (nSPS) is 9.88. The second-order valence-electron chi connectivity index (χ2n) is 2.84. The van der Waals surface area contributed by atoms with Gasteiger partial charge in [-0.2, -0.15) is 4.99 Å². The highest BCUT2D eigenvalue weighted by Crippen LogP contribution is 2.18. The summed E-state index contributed by atoms with van der Waals surface area (Å²) in [4.78, 5) is 3.45. The van der Waals surface area contributed by atoms with Crippen LogP contribution >= 0.6 is 11.8 Å². The molecular weight excluding hydrogens is 234 g/mol. The molecule has 0 amide bonds. The van der Waals surface area contributed by atoms with Crippen LogP contribution in [-0.2, 0) is 5.75 Å². The fourth-order valence-electron chi connectivity index (χ4n) is 0.956. The molecule has 0 aliphatic rings. The summed E-state index contributed by atoms with van der Waals surface area (Å²) >= 11 is 0.910. The quantitative estimate of drug-likeness (QED) is 0.543. The molecule has 1 rings (SSSR count). The maximum Gasteiger partial charge on any atom is 0.193 e. The molecule has 0 aromatic heterocycles. The van der Waals surface area contributed by atoms with Gasteiger partial charge in [-0.05, 0) is 6.07 Å². The summed E-state index contributed by atoms with van der Waals surface area (Å²) in [6, 6.07) is 3.87. The Bertz CT molecular complexity index is 430. The molecule has 0 heterocycles. The minimum atomic E-state index is -0.911. The van der Waals surface area contributed by atoms with Gasteiger partial charge in [0.1, 0.15) is 0 Å². The van der Waals surface area contributed by atoms with Gasteiger partial charge in [0, 0.05) is 11.3 Å². The third-order valence-electron chi connectivity index (χ3n) is 1.63. The van der Waals surface area contributed by atoms with Gasteiger partial charge in [0.25, 0.3) is 0 Å². The van der Waals surface area contributed by atoms with E-state index in [2.05, 4.69) is 4.99 Å². The number of benzene rings is 1. The molecule has 0 bridgehead atoms. The zero-order valence-corrected chi connectivity index (χ0v) is 9.02. The zero-order chi connectivity index (χ0) is 12.1. The Morgan fingerprint density at radius 2 is 2.06 bits per heavy atom. The van der Waals surface area contributed by atoms with Crippen molar-refractivity contribution in [2.45, 2.75) is 5.75 Å². The van der Waals surface area contributed by atoms with Crippen molar-refractivity contribution in [2.24, 2.45) is 16.5 Å². The van der Waals surface area contributed by atoms with E-state index in [1.807, 2.05) is 0 Å². The van der Waals surface area contributed by atoms with Crippen LogP contribution in [0, 0.1) is 17.0 Å². The highest BCUT2D eigenvalue weighted by molar-refractivity contribution is 8.13. The molecule has 16 heavy (non-hydrogen) atoms.